The van der Waals surface area contributed by atoms with Gasteiger partial charge in [0, 0.05) is 24.7 Å². The zero-order chi connectivity index (χ0) is 28.1. The molecule has 204 valence electrons. The van der Waals surface area contributed by atoms with Crippen molar-refractivity contribution in [2.45, 2.75) is 32.5 Å². The van der Waals surface area contributed by atoms with Crippen LogP contribution in [0.3, 0.4) is 0 Å². The van der Waals surface area contributed by atoms with Crippen LogP contribution in [0.25, 0.3) is 28.0 Å². The molecule has 5 nitrogen and oxygen atoms in total. The van der Waals surface area contributed by atoms with Gasteiger partial charge in [0.1, 0.15) is 11.4 Å². The van der Waals surface area contributed by atoms with Gasteiger partial charge in [-0.15, -0.1) is 0 Å². The van der Waals surface area contributed by atoms with Crippen molar-refractivity contribution in [2.75, 3.05) is 6.61 Å². The fourth-order valence-electron chi connectivity index (χ4n) is 4.64. The topological polar surface area (TPSA) is 55.6 Å². The largest absolute Gasteiger partial charge is 0.494 e. The van der Waals surface area contributed by atoms with E-state index in [-0.39, 0.29) is 18.9 Å². The van der Waals surface area contributed by atoms with E-state index in [2.05, 4.69) is 5.32 Å². The normalized spacial score (nSPS) is 11.5. The number of hydrogen-bond donors (Lipinski definition) is 1. The molecule has 0 aliphatic heterocycles. The number of benzene rings is 3. The second-order valence-corrected chi connectivity index (χ2v) is 9.35. The van der Waals surface area contributed by atoms with Crippen molar-refractivity contribution in [3.8, 4) is 28.1 Å². The Hall–Kier alpha value is -4.59. The average Bonchev–Trinajstić information content (AvgIpc) is 3.33. The Morgan fingerprint density at radius 2 is 1.68 bits per heavy atom. The van der Waals surface area contributed by atoms with Crippen LogP contribution in [0.5, 0.6) is 5.75 Å². The molecule has 0 bridgehead atoms. The van der Waals surface area contributed by atoms with Gasteiger partial charge < -0.3 is 14.5 Å². The van der Waals surface area contributed by atoms with Crippen molar-refractivity contribution in [3.63, 3.8) is 0 Å². The van der Waals surface area contributed by atoms with Crippen LogP contribution >= 0.6 is 0 Å². The molecule has 8 heteroatoms. The first-order valence-corrected chi connectivity index (χ1v) is 13.0. The summed E-state index contributed by atoms with van der Waals surface area (Å²) in [4.78, 5) is 17.7. The second-order valence-electron chi connectivity index (χ2n) is 9.35. The lowest BCUT2D eigenvalue weighted by Gasteiger charge is -2.11. The standard InChI is InChI=1S/C32H28F3N3O2/c1-2-40-27-13-7-11-24(19-27)25-14-16-29-37-31(23-9-4-3-5-10-23)28(38(29)21-25)15-17-30(39)36-20-22-8-6-12-26(18-22)32(33,34)35/h3-14,16,18-19,21H,2,15,17,20H2,1H3,(H,36,39). The summed E-state index contributed by atoms with van der Waals surface area (Å²) in [6, 6.07) is 26.6. The average molecular weight is 544 g/mol. The summed E-state index contributed by atoms with van der Waals surface area (Å²) in [5.74, 6) is 0.528. The van der Waals surface area contributed by atoms with Gasteiger partial charge in [0.2, 0.25) is 5.91 Å². The van der Waals surface area contributed by atoms with E-state index in [0.717, 1.165) is 51.6 Å². The number of aryl methyl sites for hydroxylation is 1. The lowest BCUT2D eigenvalue weighted by atomic mass is 10.1. The predicted octanol–water partition coefficient (Wildman–Crippen LogP) is 7.33. The number of imidazole rings is 1. The molecule has 5 rings (SSSR count). The molecule has 0 atom stereocenters. The van der Waals surface area contributed by atoms with Crippen LogP contribution in [0.15, 0.2) is 97.2 Å². The smallest absolute Gasteiger partial charge is 0.416 e. The maximum atomic E-state index is 13.0. The van der Waals surface area contributed by atoms with Gasteiger partial charge in [0.05, 0.1) is 23.6 Å². The van der Waals surface area contributed by atoms with Crippen LogP contribution in [-0.4, -0.2) is 21.9 Å². The maximum absolute atomic E-state index is 13.0. The van der Waals surface area contributed by atoms with E-state index in [1.165, 1.54) is 6.07 Å². The van der Waals surface area contributed by atoms with Gasteiger partial charge in [-0.2, -0.15) is 13.2 Å². The Bertz CT molecular complexity index is 1630. The van der Waals surface area contributed by atoms with E-state index in [1.54, 1.807) is 6.07 Å². The Labute approximate surface area is 230 Å². The zero-order valence-corrected chi connectivity index (χ0v) is 21.9. The minimum absolute atomic E-state index is 0.0156. The van der Waals surface area contributed by atoms with E-state index in [9.17, 15) is 18.0 Å². The minimum Gasteiger partial charge on any atom is -0.494 e. The van der Waals surface area contributed by atoms with Crippen LogP contribution in [-0.2, 0) is 23.9 Å². The summed E-state index contributed by atoms with van der Waals surface area (Å²) >= 11 is 0. The van der Waals surface area contributed by atoms with E-state index >= 15 is 0 Å². The number of aromatic nitrogens is 2. The zero-order valence-electron chi connectivity index (χ0n) is 21.9. The summed E-state index contributed by atoms with van der Waals surface area (Å²) in [5.41, 5.74) is 4.97. The number of ether oxygens (including phenoxy) is 1. The number of halogens is 3. The Morgan fingerprint density at radius 1 is 0.900 bits per heavy atom. The van der Waals surface area contributed by atoms with E-state index < -0.39 is 11.7 Å². The van der Waals surface area contributed by atoms with Crippen molar-refractivity contribution in [1.82, 2.24) is 14.7 Å². The highest BCUT2D eigenvalue weighted by Crippen LogP contribution is 2.31. The number of nitrogens with one attached hydrogen (secondary N) is 1. The van der Waals surface area contributed by atoms with Crippen LogP contribution in [0, 0.1) is 0 Å². The number of carbonyl (C=O) groups excluding carboxylic acids is 1. The first kappa shape index (κ1) is 27.0. The molecule has 1 amide bonds. The lowest BCUT2D eigenvalue weighted by Crippen LogP contribution is -2.23. The van der Waals surface area contributed by atoms with Gasteiger partial charge in [0.15, 0.2) is 0 Å². The van der Waals surface area contributed by atoms with Crippen LogP contribution in [0.2, 0.25) is 0 Å². The minimum atomic E-state index is -4.43. The van der Waals surface area contributed by atoms with Gasteiger partial charge >= 0.3 is 6.18 Å². The molecular weight excluding hydrogens is 515 g/mol. The van der Waals surface area contributed by atoms with Gasteiger partial charge in [-0.05, 0) is 66.4 Å². The molecule has 0 radical (unpaired) electrons. The van der Waals surface area contributed by atoms with Crippen LogP contribution in [0.1, 0.15) is 30.2 Å². The summed E-state index contributed by atoms with van der Waals surface area (Å²) in [6.07, 6.45) is -1.88. The summed E-state index contributed by atoms with van der Waals surface area (Å²) < 4.78 is 46.8. The molecular formula is C32H28F3N3O2. The lowest BCUT2D eigenvalue weighted by molar-refractivity contribution is -0.137. The highest BCUT2D eigenvalue weighted by molar-refractivity contribution is 5.77. The number of nitrogens with zero attached hydrogens (tertiary/aromatic N) is 2. The first-order valence-electron chi connectivity index (χ1n) is 13.0. The molecule has 3 aromatic carbocycles. The van der Waals surface area contributed by atoms with Gasteiger partial charge in [-0.25, -0.2) is 4.98 Å². The predicted molar refractivity (Wildman–Crippen MR) is 149 cm³/mol. The Kier molecular flexibility index (Phi) is 7.86. The summed E-state index contributed by atoms with van der Waals surface area (Å²) in [7, 11) is 0. The summed E-state index contributed by atoms with van der Waals surface area (Å²) in [5, 5.41) is 2.75. The van der Waals surface area contributed by atoms with Gasteiger partial charge in [-0.3, -0.25) is 4.79 Å². The molecule has 0 aliphatic carbocycles. The number of carbonyl (C=O) groups is 1. The number of pyridine rings is 1. The van der Waals surface area contributed by atoms with Crippen LogP contribution < -0.4 is 10.1 Å². The third kappa shape index (κ3) is 6.17. The monoisotopic (exact) mass is 543 g/mol. The van der Waals surface area contributed by atoms with E-state index in [1.807, 2.05) is 84.3 Å². The molecule has 0 spiro atoms. The van der Waals surface area contributed by atoms with Crippen molar-refractivity contribution < 1.29 is 22.7 Å². The quantitative estimate of drug-likeness (QED) is 0.212. The van der Waals surface area contributed by atoms with Crippen LogP contribution in [0.4, 0.5) is 13.2 Å². The molecule has 0 unspecified atom stereocenters. The number of amides is 1. The fraction of sp³-hybridized carbons (Fsp3) is 0.188. The van der Waals surface area contributed by atoms with Crippen molar-refractivity contribution in [3.05, 3.63) is 114 Å². The number of fused-ring (bicyclic) bond motifs is 1. The third-order valence-corrected chi connectivity index (χ3v) is 6.58. The van der Waals surface area contributed by atoms with Crippen molar-refractivity contribution in [2.24, 2.45) is 0 Å². The summed E-state index contributed by atoms with van der Waals surface area (Å²) in [6.45, 7) is 2.53. The highest BCUT2D eigenvalue weighted by atomic mass is 19.4. The molecule has 0 fully saturated rings. The number of hydrogen-bond acceptors (Lipinski definition) is 3. The Morgan fingerprint density at radius 3 is 2.45 bits per heavy atom. The number of rotatable bonds is 9. The van der Waals surface area contributed by atoms with Gasteiger partial charge in [0.25, 0.3) is 0 Å². The molecule has 40 heavy (non-hydrogen) atoms. The molecule has 1 N–H and O–H groups in total. The molecule has 0 saturated heterocycles. The number of alkyl halides is 3. The first-order chi connectivity index (χ1) is 19.3. The maximum Gasteiger partial charge on any atom is 0.416 e. The Balaban J connectivity index is 1.40. The third-order valence-electron chi connectivity index (χ3n) is 6.58. The van der Waals surface area contributed by atoms with Gasteiger partial charge in [-0.1, -0.05) is 54.6 Å². The molecule has 2 heterocycles. The highest BCUT2D eigenvalue weighted by Gasteiger charge is 2.30. The molecule has 0 aliphatic rings. The van der Waals surface area contributed by atoms with Crippen molar-refractivity contribution in [1.29, 1.82) is 0 Å². The van der Waals surface area contributed by atoms with E-state index in [4.69, 9.17) is 9.72 Å². The van der Waals surface area contributed by atoms with Crippen molar-refractivity contribution >= 4 is 11.6 Å². The SMILES string of the molecule is CCOc1cccc(-c2ccc3nc(-c4ccccc4)c(CCC(=O)NCc4cccc(C(F)(F)F)c4)n3c2)c1. The molecule has 2 aromatic heterocycles. The second kappa shape index (κ2) is 11.7. The fourth-order valence-corrected chi connectivity index (χ4v) is 4.64. The molecule has 0 saturated carbocycles. The van der Waals surface area contributed by atoms with E-state index in [0.29, 0.717) is 18.6 Å². The molecule has 5 aromatic rings.